The van der Waals surface area contributed by atoms with Gasteiger partial charge in [-0.1, -0.05) is 23.7 Å². The molecule has 0 saturated carbocycles. The number of carbonyl (C=O) groups is 2. The first-order valence-electron chi connectivity index (χ1n) is 12.4. The minimum Gasteiger partial charge on any atom is -0.493 e. The number of likely N-dealkylation sites (tertiary alicyclic amines) is 1. The van der Waals surface area contributed by atoms with Crippen LogP contribution in [-0.4, -0.2) is 65.0 Å². The molecule has 2 heterocycles. The SMILES string of the molecule is CCOC(=O)C1CCCN(C(=O)c2nn(-c3ccc(OC)c(OC)c3)c(=O)n(Cc3cccc(Cl)c3)c2=O)C1. The summed E-state index contributed by atoms with van der Waals surface area (Å²) < 4.78 is 17.7. The molecule has 0 aliphatic carbocycles. The number of methoxy groups -OCH3 is 2. The number of rotatable bonds is 8. The minimum absolute atomic E-state index is 0.0859. The van der Waals surface area contributed by atoms with Gasteiger partial charge in [0.15, 0.2) is 11.5 Å². The first kappa shape index (κ1) is 27.9. The fourth-order valence-electron chi connectivity index (χ4n) is 4.49. The van der Waals surface area contributed by atoms with Crippen molar-refractivity contribution in [3.63, 3.8) is 0 Å². The molecule has 11 nitrogen and oxygen atoms in total. The highest BCUT2D eigenvalue weighted by atomic mass is 35.5. The number of amides is 1. The number of nitrogens with zero attached hydrogens (tertiary/aromatic N) is 4. The van der Waals surface area contributed by atoms with Gasteiger partial charge < -0.3 is 19.1 Å². The molecular weight excluding hydrogens is 528 g/mol. The molecule has 1 fully saturated rings. The second-order valence-electron chi connectivity index (χ2n) is 8.95. The number of esters is 1. The summed E-state index contributed by atoms with van der Waals surface area (Å²) in [6, 6.07) is 11.4. The zero-order chi connectivity index (χ0) is 28.1. The number of benzene rings is 2. The van der Waals surface area contributed by atoms with Gasteiger partial charge in [-0.15, -0.1) is 0 Å². The van der Waals surface area contributed by atoms with Gasteiger partial charge in [-0.25, -0.2) is 4.79 Å². The van der Waals surface area contributed by atoms with Crippen LogP contribution in [0.2, 0.25) is 5.02 Å². The van der Waals surface area contributed by atoms with Gasteiger partial charge in [0.25, 0.3) is 11.5 Å². The number of hydrogen-bond acceptors (Lipinski definition) is 8. The van der Waals surface area contributed by atoms with Crippen molar-refractivity contribution in [2.45, 2.75) is 26.3 Å². The molecule has 1 unspecified atom stereocenters. The normalized spacial score (nSPS) is 15.1. The van der Waals surface area contributed by atoms with Crippen molar-refractivity contribution in [3.8, 4) is 17.2 Å². The van der Waals surface area contributed by atoms with E-state index in [-0.39, 0.29) is 25.4 Å². The first-order valence-corrected chi connectivity index (χ1v) is 12.8. The Morgan fingerprint density at radius 3 is 2.54 bits per heavy atom. The topological polar surface area (TPSA) is 122 Å². The molecule has 1 aliphatic rings. The molecule has 39 heavy (non-hydrogen) atoms. The van der Waals surface area contributed by atoms with E-state index >= 15 is 0 Å². The van der Waals surface area contributed by atoms with E-state index in [1.54, 1.807) is 43.3 Å². The van der Waals surface area contributed by atoms with E-state index < -0.39 is 34.7 Å². The smallest absolute Gasteiger partial charge is 0.352 e. The van der Waals surface area contributed by atoms with Gasteiger partial charge in [0.2, 0.25) is 5.69 Å². The van der Waals surface area contributed by atoms with Crippen LogP contribution in [0.15, 0.2) is 52.1 Å². The van der Waals surface area contributed by atoms with Crippen molar-refractivity contribution >= 4 is 23.5 Å². The zero-order valence-corrected chi connectivity index (χ0v) is 22.6. The van der Waals surface area contributed by atoms with Crippen molar-refractivity contribution in [2.24, 2.45) is 5.92 Å². The maximum Gasteiger partial charge on any atom is 0.352 e. The van der Waals surface area contributed by atoms with Crippen LogP contribution in [0.25, 0.3) is 5.69 Å². The third kappa shape index (κ3) is 5.98. The Morgan fingerprint density at radius 1 is 1.08 bits per heavy atom. The second kappa shape index (κ2) is 12.2. The highest BCUT2D eigenvalue weighted by Gasteiger charge is 2.32. The monoisotopic (exact) mass is 556 g/mol. The number of halogens is 1. The predicted octanol–water partition coefficient (Wildman–Crippen LogP) is 2.53. The van der Waals surface area contributed by atoms with Crippen LogP contribution < -0.4 is 20.7 Å². The van der Waals surface area contributed by atoms with Crippen LogP contribution in [0, 0.1) is 5.92 Å². The van der Waals surface area contributed by atoms with Gasteiger partial charge in [-0.05, 0) is 49.6 Å². The summed E-state index contributed by atoms with van der Waals surface area (Å²) >= 11 is 6.12. The highest BCUT2D eigenvalue weighted by Crippen LogP contribution is 2.28. The summed E-state index contributed by atoms with van der Waals surface area (Å²) in [5, 5.41) is 4.65. The van der Waals surface area contributed by atoms with Gasteiger partial charge in [0, 0.05) is 24.2 Å². The molecule has 12 heteroatoms. The lowest BCUT2D eigenvalue weighted by molar-refractivity contribution is -0.149. The Balaban J connectivity index is 1.83. The Kier molecular flexibility index (Phi) is 8.70. The van der Waals surface area contributed by atoms with E-state index in [0.717, 1.165) is 9.25 Å². The lowest BCUT2D eigenvalue weighted by Crippen LogP contribution is -2.49. The van der Waals surface area contributed by atoms with Crippen LogP contribution >= 0.6 is 11.6 Å². The molecule has 206 valence electrons. The molecule has 0 N–H and O–H groups in total. The van der Waals surface area contributed by atoms with E-state index in [0.29, 0.717) is 41.5 Å². The molecular formula is C27H29ClN4O7. The molecule has 1 amide bonds. The number of aromatic nitrogens is 3. The molecule has 1 aromatic heterocycles. The fraction of sp³-hybridized carbons (Fsp3) is 0.370. The van der Waals surface area contributed by atoms with E-state index in [9.17, 15) is 19.2 Å². The van der Waals surface area contributed by atoms with Crippen LogP contribution in [0.1, 0.15) is 35.8 Å². The van der Waals surface area contributed by atoms with Gasteiger partial charge in [-0.2, -0.15) is 9.78 Å². The largest absolute Gasteiger partial charge is 0.493 e. The quantitative estimate of drug-likeness (QED) is 0.388. The maximum absolute atomic E-state index is 13.6. The molecule has 1 saturated heterocycles. The summed E-state index contributed by atoms with van der Waals surface area (Å²) in [4.78, 5) is 54.5. The van der Waals surface area contributed by atoms with Gasteiger partial charge in [0.1, 0.15) is 0 Å². The summed E-state index contributed by atoms with van der Waals surface area (Å²) in [5.74, 6) is -0.818. The molecule has 1 atom stereocenters. The minimum atomic E-state index is -0.847. The average Bonchev–Trinajstić information content (AvgIpc) is 2.95. The Morgan fingerprint density at radius 2 is 1.85 bits per heavy atom. The van der Waals surface area contributed by atoms with Crippen LogP contribution in [-0.2, 0) is 16.1 Å². The average molecular weight is 557 g/mol. The first-order chi connectivity index (χ1) is 18.8. The standard InChI is InChI=1S/C27H29ClN4O7/c1-4-39-26(35)18-8-6-12-30(16-18)24(33)23-25(34)31(15-17-7-5-9-19(28)13-17)27(36)32(29-23)20-10-11-21(37-2)22(14-20)38-3/h5,7,9-11,13-14,18H,4,6,8,12,15-16H2,1-3H3. The maximum atomic E-state index is 13.6. The van der Waals surface area contributed by atoms with E-state index in [1.165, 1.54) is 25.2 Å². The van der Waals surface area contributed by atoms with Crippen LogP contribution in [0.3, 0.4) is 0 Å². The van der Waals surface area contributed by atoms with E-state index in [4.69, 9.17) is 25.8 Å². The zero-order valence-electron chi connectivity index (χ0n) is 21.9. The molecule has 0 spiro atoms. The third-order valence-electron chi connectivity index (χ3n) is 6.43. The summed E-state index contributed by atoms with van der Waals surface area (Å²) in [5.41, 5.74) is -1.21. The van der Waals surface area contributed by atoms with Gasteiger partial charge in [0.05, 0.1) is 39.0 Å². The molecule has 2 aromatic carbocycles. The predicted molar refractivity (Wildman–Crippen MR) is 143 cm³/mol. The molecule has 3 aromatic rings. The Labute approximate surface area is 229 Å². The highest BCUT2D eigenvalue weighted by molar-refractivity contribution is 6.30. The third-order valence-corrected chi connectivity index (χ3v) is 6.67. The van der Waals surface area contributed by atoms with Crippen molar-refractivity contribution in [1.82, 2.24) is 19.2 Å². The van der Waals surface area contributed by atoms with Crippen molar-refractivity contribution in [2.75, 3.05) is 33.9 Å². The van der Waals surface area contributed by atoms with Crippen molar-refractivity contribution in [1.29, 1.82) is 0 Å². The van der Waals surface area contributed by atoms with Crippen molar-refractivity contribution in [3.05, 3.63) is 79.6 Å². The lowest BCUT2D eigenvalue weighted by Gasteiger charge is -2.31. The lowest BCUT2D eigenvalue weighted by atomic mass is 9.98. The number of hydrogen-bond donors (Lipinski definition) is 0. The van der Waals surface area contributed by atoms with E-state index in [2.05, 4.69) is 5.10 Å². The van der Waals surface area contributed by atoms with Crippen LogP contribution in [0.5, 0.6) is 11.5 Å². The number of piperidine rings is 1. The molecule has 1 aliphatic heterocycles. The molecule has 0 radical (unpaired) electrons. The Bertz CT molecular complexity index is 1500. The summed E-state index contributed by atoms with van der Waals surface area (Å²) in [6.45, 7) is 2.23. The van der Waals surface area contributed by atoms with E-state index in [1.807, 2.05) is 0 Å². The fourth-order valence-corrected chi connectivity index (χ4v) is 4.71. The van der Waals surface area contributed by atoms with Crippen LogP contribution in [0.4, 0.5) is 0 Å². The van der Waals surface area contributed by atoms with Gasteiger partial charge >= 0.3 is 11.7 Å². The van der Waals surface area contributed by atoms with Crippen molar-refractivity contribution < 1.29 is 23.8 Å². The molecule has 0 bridgehead atoms. The second-order valence-corrected chi connectivity index (χ2v) is 9.38. The number of carbonyl (C=O) groups excluding carboxylic acids is 2. The summed E-state index contributed by atoms with van der Waals surface area (Å²) in [6.07, 6.45) is 1.13. The molecule has 4 rings (SSSR count). The summed E-state index contributed by atoms with van der Waals surface area (Å²) in [7, 11) is 2.93. The van der Waals surface area contributed by atoms with Gasteiger partial charge in [-0.3, -0.25) is 19.0 Å². The number of ether oxygens (including phenoxy) is 3. The Hall–Kier alpha value is -4.12.